The number of aliphatic carboxylic acids is 1. The van der Waals surface area contributed by atoms with Crippen LogP contribution in [0.2, 0.25) is 0 Å². The molecule has 0 saturated carbocycles. The molecule has 0 unspecified atom stereocenters. The monoisotopic (exact) mass is 216 g/mol. The standard InChI is InChI=1S/C9H16N2O4/c10-6-2-1-3-7-11(15)8(12)4-5-9(13)14/h4-5,15H,1-3,6-7,10H2,(H,13,14)/b5-4+. The van der Waals surface area contributed by atoms with Gasteiger partial charge in [0.1, 0.15) is 0 Å². The Balaban J connectivity index is 3.74. The van der Waals surface area contributed by atoms with Crippen LogP contribution in [-0.4, -0.2) is 40.3 Å². The number of hydroxylamine groups is 2. The molecule has 0 aliphatic heterocycles. The molecule has 0 radical (unpaired) electrons. The van der Waals surface area contributed by atoms with Crippen molar-refractivity contribution < 1.29 is 19.9 Å². The first-order chi connectivity index (χ1) is 7.07. The smallest absolute Gasteiger partial charge is 0.328 e. The Hall–Kier alpha value is -1.40. The molecule has 6 nitrogen and oxygen atoms in total. The maximum absolute atomic E-state index is 11.0. The van der Waals surface area contributed by atoms with Crippen LogP contribution in [0.3, 0.4) is 0 Å². The molecule has 0 aliphatic carbocycles. The van der Waals surface area contributed by atoms with Crippen molar-refractivity contribution in [3.63, 3.8) is 0 Å². The van der Waals surface area contributed by atoms with Crippen LogP contribution >= 0.6 is 0 Å². The molecule has 1 amide bonds. The summed E-state index contributed by atoms with van der Waals surface area (Å²) in [5.74, 6) is -1.95. The van der Waals surface area contributed by atoms with Crippen molar-refractivity contribution in [3.8, 4) is 0 Å². The highest BCUT2D eigenvalue weighted by molar-refractivity contribution is 5.93. The zero-order valence-electron chi connectivity index (χ0n) is 8.43. The first-order valence-corrected chi connectivity index (χ1v) is 4.69. The van der Waals surface area contributed by atoms with E-state index in [1.165, 1.54) is 0 Å². The molecule has 86 valence electrons. The molecule has 0 heterocycles. The largest absolute Gasteiger partial charge is 0.478 e. The van der Waals surface area contributed by atoms with Gasteiger partial charge in [-0.1, -0.05) is 6.42 Å². The molecule has 0 rings (SSSR count). The number of nitrogens with zero attached hydrogens (tertiary/aromatic N) is 1. The second kappa shape index (κ2) is 7.95. The molecule has 0 aromatic heterocycles. The Morgan fingerprint density at radius 1 is 1.20 bits per heavy atom. The van der Waals surface area contributed by atoms with Gasteiger partial charge in [0, 0.05) is 18.7 Å². The Morgan fingerprint density at radius 3 is 2.40 bits per heavy atom. The van der Waals surface area contributed by atoms with Gasteiger partial charge in [-0.2, -0.15) is 0 Å². The van der Waals surface area contributed by atoms with Crippen LogP contribution < -0.4 is 5.73 Å². The Bertz CT molecular complexity index is 240. The van der Waals surface area contributed by atoms with E-state index in [-0.39, 0.29) is 6.54 Å². The Labute approximate surface area is 87.9 Å². The molecule has 15 heavy (non-hydrogen) atoms. The van der Waals surface area contributed by atoms with Gasteiger partial charge in [-0.05, 0) is 19.4 Å². The van der Waals surface area contributed by atoms with Crippen LogP contribution in [-0.2, 0) is 9.59 Å². The first kappa shape index (κ1) is 13.6. The van der Waals surface area contributed by atoms with E-state index in [1.807, 2.05) is 0 Å². The maximum atomic E-state index is 11.0. The molecule has 0 bridgehead atoms. The van der Waals surface area contributed by atoms with Crippen LogP contribution in [0, 0.1) is 0 Å². The van der Waals surface area contributed by atoms with Gasteiger partial charge in [-0.25, -0.2) is 9.86 Å². The first-order valence-electron chi connectivity index (χ1n) is 4.69. The average molecular weight is 216 g/mol. The third-order valence-corrected chi connectivity index (χ3v) is 1.70. The highest BCUT2D eigenvalue weighted by Crippen LogP contribution is 1.96. The number of carbonyl (C=O) groups excluding carboxylic acids is 1. The summed E-state index contributed by atoms with van der Waals surface area (Å²) >= 11 is 0. The molecule has 0 fully saturated rings. The van der Waals surface area contributed by atoms with E-state index in [4.69, 9.17) is 16.0 Å². The Kier molecular flexibility index (Phi) is 7.21. The molecule has 0 aromatic carbocycles. The Morgan fingerprint density at radius 2 is 1.87 bits per heavy atom. The number of carboxylic acids is 1. The van der Waals surface area contributed by atoms with Crippen LogP contribution in [0.1, 0.15) is 19.3 Å². The minimum atomic E-state index is -1.22. The summed E-state index contributed by atoms with van der Waals surface area (Å²) in [7, 11) is 0. The lowest BCUT2D eigenvalue weighted by Gasteiger charge is -2.11. The van der Waals surface area contributed by atoms with E-state index in [0.717, 1.165) is 18.9 Å². The number of hydrogen-bond acceptors (Lipinski definition) is 4. The number of carboxylic acid groups (broad SMARTS) is 1. The average Bonchev–Trinajstić information content (AvgIpc) is 2.20. The summed E-state index contributed by atoms with van der Waals surface area (Å²) in [5.41, 5.74) is 5.27. The van der Waals surface area contributed by atoms with Crippen LogP contribution in [0.5, 0.6) is 0 Å². The predicted molar refractivity (Wildman–Crippen MR) is 53.2 cm³/mol. The summed E-state index contributed by atoms with van der Waals surface area (Å²) < 4.78 is 0. The van der Waals surface area contributed by atoms with Gasteiger partial charge in [0.2, 0.25) is 0 Å². The summed E-state index contributed by atoms with van der Waals surface area (Å²) in [6.45, 7) is 0.765. The highest BCUT2D eigenvalue weighted by Gasteiger charge is 2.06. The lowest BCUT2D eigenvalue weighted by Crippen LogP contribution is -2.26. The minimum Gasteiger partial charge on any atom is -0.478 e. The lowest BCUT2D eigenvalue weighted by molar-refractivity contribution is -0.159. The maximum Gasteiger partial charge on any atom is 0.328 e. The summed E-state index contributed by atoms with van der Waals surface area (Å²) in [4.78, 5) is 21.1. The second-order valence-corrected chi connectivity index (χ2v) is 2.98. The van der Waals surface area contributed by atoms with Gasteiger partial charge in [-0.15, -0.1) is 0 Å². The van der Waals surface area contributed by atoms with Crippen molar-refractivity contribution >= 4 is 11.9 Å². The summed E-state index contributed by atoms with van der Waals surface area (Å²) in [5, 5.41) is 17.9. The van der Waals surface area contributed by atoms with Gasteiger partial charge in [-0.3, -0.25) is 10.0 Å². The number of hydrogen-bond donors (Lipinski definition) is 3. The SMILES string of the molecule is NCCCCCN(O)C(=O)/C=C/C(=O)O. The third-order valence-electron chi connectivity index (χ3n) is 1.70. The van der Waals surface area contributed by atoms with E-state index in [9.17, 15) is 9.59 Å². The van der Waals surface area contributed by atoms with Gasteiger partial charge < -0.3 is 10.8 Å². The molecular formula is C9H16N2O4. The number of rotatable bonds is 7. The van der Waals surface area contributed by atoms with Crippen molar-refractivity contribution in [1.29, 1.82) is 0 Å². The molecule has 0 atom stereocenters. The topological polar surface area (TPSA) is 104 Å². The van der Waals surface area contributed by atoms with E-state index in [1.54, 1.807) is 0 Å². The van der Waals surface area contributed by atoms with Gasteiger partial charge in [0.25, 0.3) is 5.91 Å². The van der Waals surface area contributed by atoms with E-state index < -0.39 is 11.9 Å². The summed E-state index contributed by atoms with van der Waals surface area (Å²) in [6, 6.07) is 0. The fraction of sp³-hybridized carbons (Fsp3) is 0.556. The molecule has 4 N–H and O–H groups in total. The van der Waals surface area contributed by atoms with Crippen LogP contribution in [0.25, 0.3) is 0 Å². The van der Waals surface area contributed by atoms with E-state index >= 15 is 0 Å². The quantitative estimate of drug-likeness (QED) is 0.240. The van der Waals surface area contributed by atoms with Gasteiger partial charge in [0.05, 0.1) is 0 Å². The summed E-state index contributed by atoms with van der Waals surface area (Å²) in [6.07, 6.45) is 3.80. The molecule has 0 spiro atoms. The number of amides is 1. The lowest BCUT2D eigenvalue weighted by atomic mass is 10.2. The fourth-order valence-electron chi connectivity index (χ4n) is 0.921. The zero-order valence-corrected chi connectivity index (χ0v) is 8.43. The van der Waals surface area contributed by atoms with Gasteiger partial charge >= 0.3 is 5.97 Å². The number of carbonyl (C=O) groups is 2. The van der Waals surface area contributed by atoms with Crippen molar-refractivity contribution in [1.82, 2.24) is 5.06 Å². The van der Waals surface area contributed by atoms with Gasteiger partial charge in [0.15, 0.2) is 0 Å². The predicted octanol–water partition coefficient (Wildman–Crippen LogP) is -0.0260. The number of unbranched alkanes of at least 4 members (excludes halogenated alkanes) is 2. The van der Waals surface area contributed by atoms with Crippen molar-refractivity contribution in [3.05, 3.63) is 12.2 Å². The van der Waals surface area contributed by atoms with Crippen molar-refractivity contribution in [2.45, 2.75) is 19.3 Å². The number of nitrogens with two attached hydrogens (primary N) is 1. The van der Waals surface area contributed by atoms with E-state index in [0.29, 0.717) is 24.1 Å². The van der Waals surface area contributed by atoms with Crippen molar-refractivity contribution in [2.24, 2.45) is 5.73 Å². The zero-order chi connectivity index (χ0) is 11.7. The molecule has 6 heteroatoms. The molecule has 0 saturated heterocycles. The van der Waals surface area contributed by atoms with Crippen LogP contribution in [0.4, 0.5) is 0 Å². The third kappa shape index (κ3) is 7.65. The second-order valence-electron chi connectivity index (χ2n) is 2.98. The molecular weight excluding hydrogens is 200 g/mol. The fourth-order valence-corrected chi connectivity index (χ4v) is 0.921. The normalized spacial score (nSPS) is 10.5. The van der Waals surface area contributed by atoms with E-state index in [2.05, 4.69) is 0 Å². The highest BCUT2D eigenvalue weighted by atomic mass is 16.5. The molecule has 0 aliphatic rings. The van der Waals surface area contributed by atoms with Crippen molar-refractivity contribution in [2.75, 3.05) is 13.1 Å². The molecule has 0 aromatic rings. The minimum absolute atomic E-state index is 0.183. The van der Waals surface area contributed by atoms with Crippen LogP contribution in [0.15, 0.2) is 12.2 Å².